The van der Waals surface area contributed by atoms with Crippen LogP contribution < -0.4 is 15.2 Å². The Kier molecular flexibility index (Phi) is 4.77. The van der Waals surface area contributed by atoms with E-state index in [4.69, 9.17) is 0 Å². The van der Waals surface area contributed by atoms with Gasteiger partial charge in [0.2, 0.25) is 10.0 Å². The Labute approximate surface area is 174 Å². The molecule has 4 rings (SSSR count). The van der Waals surface area contributed by atoms with E-state index in [0.29, 0.717) is 35.6 Å². The standard InChI is InChI=1S/C21H22N4O4S/c1-14-19(21(27)25(23(14)2)17-7-5-4-6-8-17)22-20(26)16-9-10-18-15(13-16)11-12-24(18)30(3,28)29/h4-10,13H,11-12H2,1-3H3,(H,22,26). The van der Waals surface area contributed by atoms with Gasteiger partial charge in [-0.05, 0) is 49.2 Å². The molecular weight excluding hydrogens is 404 g/mol. The molecule has 0 bridgehead atoms. The van der Waals surface area contributed by atoms with Gasteiger partial charge < -0.3 is 5.32 Å². The number of rotatable bonds is 4. The molecule has 0 aliphatic carbocycles. The molecule has 0 radical (unpaired) electrons. The second-order valence-electron chi connectivity index (χ2n) is 7.32. The molecule has 0 spiro atoms. The predicted octanol–water partition coefficient (Wildman–Crippen LogP) is 2.06. The number of hydrogen-bond donors (Lipinski definition) is 1. The maximum atomic E-state index is 13.0. The Morgan fingerprint density at radius 3 is 2.47 bits per heavy atom. The van der Waals surface area contributed by atoms with Crippen LogP contribution in [-0.4, -0.2) is 36.5 Å². The normalized spacial score (nSPS) is 13.4. The zero-order valence-electron chi connectivity index (χ0n) is 16.9. The zero-order chi connectivity index (χ0) is 21.6. The highest BCUT2D eigenvalue weighted by molar-refractivity contribution is 7.92. The maximum Gasteiger partial charge on any atom is 0.295 e. The number of hydrogen-bond acceptors (Lipinski definition) is 4. The average Bonchev–Trinajstić information content (AvgIpc) is 3.23. The Balaban J connectivity index is 1.66. The number of benzene rings is 2. The van der Waals surface area contributed by atoms with Crippen LogP contribution in [0.2, 0.25) is 0 Å². The number of amides is 1. The summed E-state index contributed by atoms with van der Waals surface area (Å²) in [6.07, 6.45) is 1.70. The lowest BCUT2D eigenvalue weighted by Gasteiger charge is -2.16. The highest BCUT2D eigenvalue weighted by atomic mass is 32.2. The highest BCUT2D eigenvalue weighted by Gasteiger charge is 2.27. The SMILES string of the molecule is Cc1c(NC(=O)c2ccc3c(c2)CCN3S(C)(=O)=O)c(=O)n(-c2ccccc2)n1C. The van der Waals surface area contributed by atoms with E-state index in [2.05, 4.69) is 5.32 Å². The number of sulfonamides is 1. The Morgan fingerprint density at radius 1 is 1.10 bits per heavy atom. The van der Waals surface area contributed by atoms with Crippen LogP contribution in [0.15, 0.2) is 53.3 Å². The van der Waals surface area contributed by atoms with Crippen LogP contribution in [0.4, 0.5) is 11.4 Å². The third kappa shape index (κ3) is 3.30. The quantitative estimate of drug-likeness (QED) is 0.691. The summed E-state index contributed by atoms with van der Waals surface area (Å²) in [6.45, 7) is 2.13. The van der Waals surface area contributed by atoms with Crippen LogP contribution in [0.5, 0.6) is 0 Å². The van der Waals surface area contributed by atoms with Gasteiger partial charge in [-0.1, -0.05) is 18.2 Å². The largest absolute Gasteiger partial charge is 0.316 e. The van der Waals surface area contributed by atoms with E-state index in [9.17, 15) is 18.0 Å². The third-order valence-electron chi connectivity index (χ3n) is 5.39. The van der Waals surface area contributed by atoms with Gasteiger partial charge in [-0.15, -0.1) is 0 Å². The van der Waals surface area contributed by atoms with Crippen LogP contribution in [0.3, 0.4) is 0 Å². The van der Waals surface area contributed by atoms with Gasteiger partial charge in [0.15, 0.2) is 0 Å². The first-order valence-corrected chi connectivity index (χ1v) is 11.3. The first kappa shape index (κ1) is 20.0. The zero-order valence-corrected chi connectivity index (χ0v) is 17.7. The summed E-state index contributed by atoms with van der Waals surface area (Å²) < 4.78 is 28.3. The first-order chi connectivity index (χ1) is 14.2. The van der Waals surface area contributed by atoms with Crippen molar-refractivity contribution >= 4 is 27.3 Å². The predicted molar refractivity (Wildman–Crippen MR) is 116 cm³/mol. The lowest BCUT2D eigenvalue weighted by atomic mass is 10.1. The summed E-state index contributed by atoms with van der Waals surface area (Å²) in [5, 5.41) is 2.73. The van der Waals surface area contributed by atoms with E-state index in [1.54, 1.807) is 36.9 Å². The van der Waals surface area contributed by atoms with E-state index >= 15 is 0 Å². The molecule has 2 aromatic carbocycles. The number of nitrogens with one attached hydrogen (secondary N) is 1. The van der Waals surface area contributed by atoms with Crippen molar-refractivity contribution in [1.82, 2.24) is 9.36 Å². The molecule has 0 unspecified atom stereocenters. The van der Waals surface area contributed by atoms with Gasteiger partial charge in [-0.2, -0.15) is 0 Å². The molecule has 0 fully saturated rings. The van der Waals surface area contributed by atoms with E-state index in [-0.39, 0.29) is 11.2 Å². The van der Waals surface area contributed by atoms with Crippen LogP contribution in [0.25, 0.3) is 5.69 Å². The van der Waals surface area contributed by atoms with E-state index in [0.717, 1.165) is 5.56 Å². The van der Waals surface area contributed by atoms with Gasteiger partial charge in [0.05, 0.1) is 23.3 Å². The number of carbonyl (C=O) groups is 1. The molecule has 9 heteroatoms. The topological polar surface area (TPSA) is 93.4 Å². The molecule has 1 aliphatic rings. The molecule has 3 aromatic rings. The summed E-state index contributed by atoms with van der Waals surface area (Å²) in [5.41, 5.74) is 2.98. The van der Waals surface area contributed by atoms with Crippen molar-refractivity contribution < 1.29 is 13.2 Å². The Hall–Kier alpha value is -3.33. The number of nitrogens with zero attached hydrogens (tertiary/aromatic N) is 3. The van der Waals surface area contributed by atoms with Gasteiger partial charge in [-0.25, -0.2) is 13.1 Å². The van der Waals surface area contributed by atoms with Crippen LogP contribution in [0.1, 0.15) is 21.6 Å². The summed E-state index contributed by atoms with van der Waals surface area (Å²) >= 11 is 0. The number of aromatic nitrogens is 2. The maximum absolute atomic E-state index is 13.0. The molecule has 0 saturated carbocycles. The van der Waals surface area contributed by atoms with Gasteiger partial charge in [0, 0.05) is 19.2 Å². The van der Waals surface area contributed by atoms with E-state index in [1.165, 1.54) is 15.2 Å². The van der Waals surface area contributed by atoms with Crippen LogP contribution >= 0.6 is 0 Å². The van der Waals surface area contributed by atoms with Crippen molar-refractivity contribution in [2.45, 2.75) is 13.3 Å². The van der Waals surface area contributed by atoms with Crippen LogP contribution in [-0.2, 0) is 23.5 Å². The second kappa shape index (κ2) is 7.17. The molecule has 0 saturated heterocycles. The van der Waals surface area contributed by atoms with Gasteiger partial charge >= 0.3 is 0 Å². The summed E-state index contributed by atoms with van der Waals surface area (Å²) in [4.78, 5) is 25.8. The van der Waals surface area contributed by atoms with Crippen molar-refractivity contribution in [2.75, 3.05) is 22.4 Å². The fourth-order valence-corrected chi connectivity index (χ4v) is 4.71. The van der Waals surface area contributed by atoms with Gasteiger partial charge in [0.25, 0.3) is 11.5 Å². The molecule has 156 valence electrons. The Bertz CT molecular complexity index is 1310. The van der Waals surface area contributed by atoms with Crippen molar-refractivity contribution in [1.29, 1.82) is 0 Å². The minimum Gasteiger partial charge on any atom is -0.316 e. The summed E-state index contributed by atoms with van der Waals surface area (Å²) in [6, 6.07) is 14.1. The number of anilines is 2. The second-order valence-corrected chi connectivity index (χ2v) is 9.23. The average molecular weight is 426 g/mol. The number of para-hydroxylation sites is 1. The molecule has 1 amide bonds. The smallest absolute Gasteiger partial charge is 0.295 e. The molecule has 1 aliphatic heterocycles. The van der Waals surface area contributed by atoms with Crippen molar-refractivity contribution in [3.8, 4) is 5.69 Å². The lowest BCUT2D eigenvalue weighted by Crippen LogP contribution is -2.27. The first-order valence-electron chi connectivity index (χ1n) is 9.44. The van der Waals surface area contributed by atoms with Crippen LogP contribution in [0, 0.1) is 6.92 Å². The molecule has 1 aromatic heterocycles. The van der Waals surface area contributed by atoms with Crippen molar-refractivity contribution in [3.63, 3.8) is 0 Å². The van der Waals surface area contributed by atoms with E-state index in [1.807, 2.05) is 30.3 Å². The van der Waals surface area contributed by atoms with E-state index < -0.39 is 15.9 Å². The fourth-order valence-electron chi connectivity index (χ4n) is 3.76. The van der Waals surface area contributed by atoms with Gasteiger partial charge in [0.1, 0.15) is 5.69 Å². The number of carbonyl (C=O) groups excluding carboxylic acids is 1. The number of fused-ring (bicyclic) bond motifs is 1. The summed E-state index contributed by atoms with van der Waals surface area (Å²) in [5.74, 6) is -0.415. The molecule has 2 heterocycles. The minimum atomic E-state index is -3.35. The Morgan fingerprint density at radius 2 is 1.80 bits per heavy atom. The lowest BCUT2D eigenvalue weighted by molar-refractivity contribution is 0.102. The molecule has 8 nitrogen and oxygen atoms in total. The van der Waals surface area contributed by atoms with Crippen molar-refractivity contribution in [3.05, 3.63) is 75.7 Å². The van der Waals surface area contributed by atoms with Gasteiger partial charge in [-0.3, -0.25) is 18.6 Å². The monoisotopic (exact) mass is 426 g/mol. The summed E-state index contributed by atoms with van der Waals surface area (Å²) in [7, 11) is -1.59. The molecule has 30 heavy (non-hydrogen) atoms. The van der Waals surface area contributed by atoms with Crippen molar-refractivity contribution in [2.24, 2.45) is 7.05 Å². The minimum absolute atomic E-state index is 0.213. The third-order valence-corrected chi connectivity index (χ3v) is 6.57. The molecule has 0 atom stereocenters. The molecule has 1 N–H and O–H groups in total. The fraction of sp³-hybridized carbons (Fsp3) is 0.238. The highest BCUT2D eigenvalue weighted by Crippen LogP contribution is 2.31. The molecular formula is C21H22N4O4S.